The Morgan fingerprint density at radius 2 is 1.87 bits per heavy atom. The molecular formula is C25H29ClN2O2S. The van der Waals surface area contributed by atoms with Gasteiger partial charge in [0, 0.05) is 29.7 Å². The van der Waals surface area contributed by atoms with Crippen LogP contribution in [0.5, 0.6) is 0 Å². The molecule has 1 N–H and O–H groups in total. The van der Waals surface area contributed by atoms with E-state index in [1.54, 1.807) is 17.4 Å². The van der Waals surface area contributed by atoms with Crippen molar-refractivity contribution < 1.29 is 8.42 Å². The minimum Gasteiger partial charge on any atom is -0.378 e. The Hall–Kier alpha value is -1.82. The first-order valence-electron chi connectivity index (χ1n) is 11.3. The van der Waals surface area contributed by atoms with E-state index in [1.165, 1.54) is 12.0 Å². The molecular weight excluding hydrogens is 428 g/mol. The molecule has 3 aliphatic rings. The van der Waals surface area contributed by atoms with E-state index in [9.17, 15) is 8.42 Å². The fourth-order valence-corrected chi connectivity index (χ4v) is 7.22. The number of fused-ring (bicyclic) bond motifs is 3. The number of hydrogen-bond acceptors (Lipinski definition) is 3. The van der Waals surface area contributed by atoms with Crippen LogP contribution in [0.25, 0.3) is 0 Å². The molecule has 1 heterocycles. The minimum absolute atomic E-state index is 0.110. The molecule has 0 saturated heterocycles. The third-order valence-corrected chi connectivity index (χ3v) is 9.45. The second-order valence-corrected chi connectivity index (χ2v) is 11.5. The van der Waals surface area contributed by atoms with Gasteiger partial charge in [0.25, 0.3) is 0 Å². The van der Waals surface area contributed by atoms with Gasteiger partial charge in [0.05, 0.1) is 10.9 Å². The molecule has 5 rings (SSSR count). The number of anilines is 1. The van der Waals surface area contributed by atoms with Crippen molar-refractivity contribution in [1.29, 1.82) is 0 Å². The van der Waals surface area contributed by atoms with Gasteiger partial charge in [-0.25, -0.2) is 8.42 Å². The number of halogens is 1. The molecule has 0 amide bonds. The van der Waals surface area contributed by atoms with Crippen LogP contribution in [-0.4, -0.2) is 25.8 Å². The van der Waals surface area contributed by atoms with Crippen molar-refractivity contribution in [2.75, 3.05) is 12.4 Å². The maximum Gasteiger partial charge on any atom is 0.243 e. The summed E-state index contributed by atoms with van der Waals surface area (Å²) in [5, 5.41) is 4.41. The smallest absolute Gasteiger partial charge is 0.243 e. The van der Waals surface area contributed by atoms with Gasteiger partial charge < -0.3 is 5.32 Å². The lowest BCUT2D eigenvalue weighted by molar-refractivity contribution is 0.286. The van der Waals surface area contributed by atoms with Crippen LogP contribution >= 0.6 is 11.6 Å². The van der Waals surface area contributed by atoms with Crippen LogP contribution in [0.15, 0.2) is 59.5 Å². The van der Waals surface area contributed by atoms with Crippen LogP contribution in [0.2, 0.25) is 5.02 Å². The average Bonchev–Trinajstić information content (AvgIpc) is 3.28. The van der Waals surface area contributed by atoms with Gasteiger partial charge in [-0.1, -0.05) is 55.1 Å². The van der Waals surface area contributed by atoms with Crippen LogP contribution in [0.1, 0.15) is 61.6 Å². The number of nitrogens with one attached hydrogen (secondary N) is 1. The molecule has 0 radical (unpaired) electrons. The predicted molar refractivity (Wildman–Crippen MR) is 126 cm³/mol. The molecule has 2 aromatic carbocycles. The van der Waals surface area contributed by atoms with Gasteiger partial charge in [-0.05, 0) is 66.6 Å². The molecule has 3 unspecified atom stereocenters. The third-order valence-electron chi connectivity index (χ3n) is 7.31. The fraction of sp³-hybridized carbons (Fsp3) is 0.440. The summed E-state index contributed by atoms with van der Waals surface area (Å²) in [6, 6.07) is 13.9. The summed E-state index contributed by atoms with van der Waals surface area (Å²) in [6.07, 6.45) is 10.8. The predicted octanol–water partition coefficient (Wildman–Crippen LogP) is 6.12. The summed E-state index contributed by atoms with van der Waals surface area (Å²) >= 11 is 6.26. The highest BCUT2D eigenvalue weighted by Gasteiger charge is 2.39. The van der Waals surface area contributed by atoms with Gasteiger partial charge in [0.2, 0.25) is 10.0 Å². The standard InChI is InChI=1S/C25H29ClN2O2S/c1-28(19-9-3-2-4-10-19)31(29,30)20-13-14-24-23(16-20)21-11-6-12-22(21)25(27-24)17-7-5-8-18(26)15-17/h5-8,11,13-16,19,21-22,25,27H,2-4,9-10,12H2,1H3. The van der Waals surface area contributed by atoms with Crippen LogP contribution in [0, 0.1) is 5.92 Å². The second-order valence-electron chi connectivity index (χ2n) is 9.09. The molecule has 0 aromatic heterocycles. The van der Waals surface area contributed by atoms with Crippen LogP contribution in [0.3, 0.4) is 0 Å². The lowest BCUT2D eigenvalue weighted by Crippen LogP contribution is -2.38. The first-order chi connectivity index (χ1) is 14.9. The normalized spacial score (nSPS) is 25.8. The largest absolute Gasteiger partial charge is 0.378 e. The Kier molecular flexibility index (Phi) is 5.61. The van der Waals surface area contributed by atoms with Crippen molar-refractivity contribution in [3.63, 3.8) is 0 Å². The van der Waals surface area contributed by atoms with E-state index < -0.39 is 10.0 Å². The Labute approximate surface area is 190 Å². The van der Waals surface area contributed by atoms with Crippen LogP contribution in [0.4, 0.5) is 5.69 Å². The van der Waals surface area contributed by atoms with Crippen molar-refractivity contribution in [2.24, 2.45) is 5.92 Å². The van der Waals surface area contributed by atoms with E-state index in [4.69, 9.17) is 11.6 Å². The molecule has 1 aliphatic heterocycles. The molecule has 4 nitrogen and oxygen atoms in total. The van der Waals surface area contributed by atoms with Gasteiger partial charge in [0.15, 0.2) is 0 Å². The van der Waals surface area contributed by atoms with E-state index in [0.29, 0.717) is 10.8 Å². The molecule has 1 fully saturated rings. The van der Waals surface area contributed by atoms with Crippen molar-refractivity contribution in [2.45, 2.75) is 61.4 Å². The summed E-state index contributed by atoms with van der Waals surface area (Å²) in [5.74, 6) is 0.551. The lowest BCUT2D eigenvalue weighted by Gasteiger charge is -2.38. The van der Waals surface area contributed by atoms with E-state index in [-0.39, 0.29) is 18.0 Å². The minimum atomic E-state index is -3.51. The first kappa shape index (κ1) is 21.0. The van der Waals surface area contributed by atoms with E-state index in [2.05, 4.69) is 23.5 Å². The zero-order valence-corrected chi connectivity index (χ0v) is 19.4. The van der Waals surface area contributed by atoms with Crippen molar-refractivity contribution >= 4 is 27.3 Å². The zero-order chi connectivity index (χ0) is 21.6. The Bertz CT molecular complexity index is 1110. The molecule has 2 aromatic rings. The summed E-state index contributed by atoms with van der Waals surface area (Å²) in [4.78, 5) is 0.404. The Morgan fingerprint density at radius 3 is 2.65 bits per heavy atom. The number of hydrogen-bond donors (Lipinski definition) is 1. The molecule has 2 aliphatic carbocycles. The van der Waals surface area contributed by atoms with Gasteiger partial charge >= 0.3 is 0 Å². The summed E-state index contributed by atoms with van der Waals surface area (Å²) in [7, 11) is -1.76. The quantitative estimate of drug-likeness (QED) is 0.564. The number of sulfonamides is 1. The topological polar surface area (TPSA) is 49.4 Å². The van der Waals surface area contributed by atoms with Crippen LogP contribution < -0.4 is 5.32 Å². The number of allylic oxidation sites excluding steroid dienone is 2. The molecule has 31 heavy (non-hydrogen) atoms. The molecule has 164 valence electrons. The highest BCUT2D eigenvalue weighted by molar-refractivity contribution is 7.89. The average molecular weight is 457 g/mol. The van der Waals surface area contributed by atoms with Gasteiger partial charge in [-0.15, -0.1) is 0 Å². The Balaban J connectivity index is 1.48. The molecule has 3 atom stereocenters. The number of rotatable bonds is 4. The zero-order valence-electron chi connectivity index (χ0n) is 17.8. The number of nitrogens with zero attached hydrogens (tertiary/aromatic N) is 1. The van der Waals surface area contributed by atoms with E-state index in [1.807, 2.05) is 30.3 Å². The van der Waals surface area contributed by atoms with Crippen molar-refractivity contribution in [3.8, 4) is 0 Å². The summed E-state index contributed by atoms with van der Waals surface area (Å²) < 4.78 is 28.4. The van der Waals surface area contributed by atoms with Crippen molar-refractivity contribution in [1.82, 2.24) is 4.31 Å². The van der Waals surface area contributed by atoms with Gasteiger partial charge in [-0.2, -0.15) is 4.31 Å². The van der Waals surface area contributed by atoms with Crippen LogP contribution in [-0.2, 0) is 10.0 Å². The molecule has 0 bridgehead atoms. The third kappa shape index (κ3) is 3.81. The maximum atomic E-state index is 13.4. The molecule has 0 spiro atoms. The second kappa shape index (κ2) is 8.27. The summed E-state index contributed by atoms with van der Waals surface area (Å²) in [5.41, 5.74) is 3.26. The Morgan fingerprint density at radius 1 is 1.06 bits per heavy atom. The lowest BCUT2D eigenvalue weighted by atomic mass is 9.77. The SMILES string of the molecule is CN(C1CCCCC1)S(=O)(=O)c1ccc2c(c1)C1C=CCC1C(c1cccc(Cl)c1)N2. The molecule has 6 heteroatoms. The first-order valence-corrected chi connectivity index (χ1v) is 13.1. The van der Waals surface area contributed by atoms with Gasteiger partial charge in [-0.3, -0.25) is 0 Å². The van der Waals surface area contributed by atoms with E-state index >= 15 is 0 Å². The van der Waals surface area contributed by atoms with Crippen molar-refractivity contribution in [3.05, 3.63) is 70.8 Å². The molecule has 1 saturated carbocycles. The highest BCUT2D eigenvalue weighted by Crippen LogP contribution is 2.50. The monoisotopic (exact) mass is 456 g/mol. The van der Waals surface area contributed by atoms with Gasteiger partial charge in [0.1, 0.15) is 0 Å². The number of benzene rings is 2. The highest BCUT2D eigenvalue weighted by atomic mass is 35.5. The fourth-order valence-electron chi connectivity index (χ4n) is 5.57. The maximum absolute atomic E-state index is 13.4. The van der Waals surface area contributed by atoms with E-state index in [0.717, 1.165) is 48.4 Å². The summed E-state index contributed by atoms with van der Waals surface area (Å²) in [6.45, 7) is 0.